The van der Waals surface area contributed by atoms with Gasteiger partial charge in [0.25, 0.3) is 0 Å². The van der Waals surface area contributed by atoms with Crippen LogP contribution in [0.2, 0.25) is 5.02 Å². The number of nitrogens with two attached hydrogens (primary N) is 1. The van der Waals surface area contributed by atoms with Crippen molar-refractivity contribution in [1.82, 2.24) is 4.98 Å². The van der Waals surface area contributed by atoms with Crippen molar-refractivity contribution in [3.63, 3.8) is 0 Å². The molecule has 0 aliphatic heterocycles. The predicted molar refractivity (Wildman–Crippen MR) is 72.3 cm³/mol. The molecule has 3 nitrogen and oxygen atoms in total. The minimum Gasteiger partial charge on any atom is -0.397 e. The number of pyridine rings is 1. The molecule has 0 atom stereocenters. The van der Waals surface area contributed by atoms with Gasteiger partial charge in [-0.3, -0.25) is 4.98 Å². The number of nitrogens with one attached hydrogen (secondary N) is 1. The van der Waals surface area contributed by atoms with Crippen LogP contribution in [-0.2, 0) is 6.42 Å². The van der Waals surface area contributed by atoms with E-state index >= 15 is 0 Å². The van der Waals surface area contributed by atoms with Crippen molar-refractivity contribution < 1.29 is 0 Å². The lowest BCUT2D eigenvalue weighted by Gasteiger charge is -2.09. The summed E-state index contributed by atoms with van der Waals surface area (Å²) in [5.74, 6) is 0. The number of anilines is 2. The number of hydrogen-bond acceptors (Lipinski definition) is 3. The van der Waals surface area contributed by atoms with Crippen molar-refractivity contribution in [1.29, 1.82) is 0 Å². The van der Waals surface area contributed by atoms with Gasteiger partial charge >= 0.3 is 0 Å². The Labute approximate surface area is 106 Å². The zero-order valence-corrected chi connectivity index (χ0v) is 10.1. The molecule has 0 unspecified atom stereocenters. The molecule has 2 rings (SSSR count). The molecule has 0 aliphatic carbocycles. The summed E-state index contributed by atoms with van der Waals surface area (Å²) in [6.45, 7) is 0.829. The maximum atomic E-state index is 5.84. The zero-order chi connectivity index (χ0) is 12.1. The van der Waals surface area contributed by atoms with Crippen LogP contribution in [0.5, 0.6) is 0 Å². The molecule has 0 saturated carbocycles. The molecule has 0 saturated heterocycles. The third-order valence-corrected chi connectivity index (χ3v) is 2.73. The van der Waals surface area contributed by atoms with Crippen molar-refractivity contribution in [3.05, 3.63) is 53.3 Å². The van der Waals surface area contributed by atoms with Crippen LogP contribution in [0.15, 0.2) is 42.7 Å². The van der Waals surface area contributed by atoms with Crippen molar-refractivity contribution in [2.75, 3.05) is 17.6 Å². The number of nitrogen functional groups attached to an aromatic ring is 1. The second-order valence-corrected chi connectivity index (χ2v) is 4.20. The summed E-state index contributed by atoms with van der Waals surface area (Å²) in [7, 11) is 0. The summed E-state index contributed by atoms with van der Waals surface area (Å²) < 4.78 is 0. The van der Waals surface area contributed by atoms with Crippen LogP contribution in [-0.4, -0.2) is 11.5 Å². The molecule has 1 aromatic carbocycles. The van der Waals surface area contributed by atoms with Gasteiger partial charge in [0.05, 0.1) is 11.4 Å². The molecule has 88 valence electrons. The highest BCUT2D eigenvalue weighted by Crippen LogP contribution is 2.22. The summed E-state index contributed by atoms with van der Waals surface area (Å²) in [5.41, 5.74) is 8.69. The second-order valence-electron chi connectivity index (χ2n) is 3.76. The fourth-order valence-corrected chi connectivity index (χ4v) is 1.77. The van der Waals surface area contributed by atoms with Crippen LogP contribution in [0.3, 0.4) is 0 Å². The Bertz CT molecular complexity index is 485. The van der Waals surface area contributed by atoms with Gasteiger partial charge in [-0.05, 0) is 42.3 Å². The normalized spacial score (nSPS) is 10.2. The van der Waals surface area contributed by atoms with Gasteiger partial charge in [0.1, 0.15) is 0 Å². The lowest BCUT2D eigenvalue weighted by Crippen LogP contribution is -2.06. The lowest BCUT2D eigenvalue weighted by molar-refractivity contribution is 1.01. The average molecular weight is 248 g/mol. The standard InChI is InChI=1S/C13H14ClN3/c14-11-1-2-13(12(15)9-11)17-8-5-10-3-6-16-7-4-10/h1-4,6-7,9,17H,5,8,15H2. The molecular weight excluding hydrogens is 234 g/mol. The quantitative estimate of drug-likeness (QED) is 0.817. The number of benzene rings is 1. The zero-order valence-electron chi connectivity index (χ0n) is 9.36. The monoisotopic (exact) mass is 247 g/mol. The van der Waals surface area contributed by atoms with Crippen molar-refractivity contribution in [3.8, 4) is 0 Å². The average Bonchev–Trinajstić information content (AvgIpc) is 2.33. The second kappa shape index (κ2) is 5.55. The maximum absolute atomic E-state index is 5.84. The van der Waals surface area contributed by atoms with Gasteiger partial charge in [0.2, 0.25) is 0 Å². The SMILES string of the molecule is Nc1cc(Cl)ccc1NCCc1ccncc1. The Morgan fingerprint density at radius 3 is 2.65 bits per heavy atom. The number of halogens is 1. The van der Waals surface area contributed by atoms with Gasteiger partial charge in [-0.15, -0.1) is 0 Å². The van der Waals surface area contributed by atoms with Crippen molar-refractivity contribution in [2.45, 2.75) is 6.42 Å². The summed E-state index contributed by atoms with van der Waals surface area (Å²) in [5, 5.41) is 3.94. The molecule has 0 amide bonds. The molecule has 0 fully saturated rings. The highest BCUT2D eigenvalue weighted by Gasteiger charge is 1.99. The van der Waals surface area contributed by atoms with Crippen LogP contribution >= 0.6 is 11.6 Å². The van der Waals surface area contributed by atoms with E-state index in [1.54, 1.807) is 18.5 Å². The lowest BCUT2D eigenvalue weighted by atomic mass is 10.2. The summed E-state index contributed by atoms with van der Waals surface area (Å²) in [4.78, 5) is 3.98. The van der Waals surface area contributed by atoms with E-state index in [2.05, 4.69) is 10.3 Å². The molecule has 1 heterocycles. The molecule has 3 N–H and O–H groups in total. The minimum atomic E-state index is 0.655. The van der Waals surface area contributed by atoms with Gasteiger partial charge in [-0.25, -0.2) is 0 Å². The molecule has 0 aliphatic rings. The van der Waals surface area contributed by atoms with E-state index in [1.807, 2.05) is 24.3 Å². The summed E-state index contributed by atoms with van der Waals surface area (Å²) in [6.07, 6.45) is 4.53. The van der Waals surface area contributed by atoms with Crippen LogP contribution < -0.4 is 11.1 Å². The number of rotatable bonds is 4. The Morgan fingerprint density at radius 2 is 1.94 bits per heavy atom. The van der Waals surface area contributed by atoms with Crippen molar-refractivity contribution >= 4 is 23.0 Å². The van der Waals surface area contributed by atoms with Gasteiger partial charge < -0.3 is 11.1 Å². The van der Waals surface area contributed by atoms with E-state index in [4.69, 9.17) is 17.3 Å². The highest BCUT2D eigenvalue weighted by atomic mass is 35.5. The molecule has 1 aromatic heterocycles. The van der Waals surface area contributed by atoms with E-state index < -0.39 is 0 Å². The first kappa shape index (κ1) is 11.7. The first-order valence-electron chi connectivity index (χ1n) is 5.43. The summed E-state index contributed by atoms with van der Waals surface area (Å²) >= 11 is 5.83. The first-order chi connectivity index (χ1) is 8.25. The predicted octanol–water partition coefficient (Wildman–Crippen LogP) is 2.97. The molecule has 0 spiro atoms. The van der Waals surface area contributed by atoms with Gasteiger partial charge in [0.15, 0.2) is 0 Å². The van der Waals surface area contributed by atoms with Crippen LogP contribution in [0.1, 0.15) is 5.56 Å². The van der Waals surface area contributed by atoms with E-state index in [0.29, 0.717) is 10.7 Å². The number of nitrogens with zero attached hydrogens (tertiary/aromatic N) is 1. The summed E-state index contributed by atoms with van der Waals surface area (Å²) in [6, 6.07) is 9.48. The third-order valence-electron chi connectivity index (χ3n) is 2.49. The topological polar surface area (TPSA) is 50.9 Å². The molecule has 4 heteroatoms. The van der Waals surface area contributed by atoms with Crippen LogP contribution in [0, 0.1) is 0 Å². The van der Waals surface area contributed by atoms with Crippen LogP contribution in [0.25, 0.3) is 0 Å². The van der Waals surface area contributed by atoms with Gasteiger partial charge in [-0.1, -0.05) is 11.6 Å². The Hall–Kier alpha value is -1.74. The van der Waals surface area contributed by atoms with Crippen LogP contribution in [0.4, 0.5) is 11.4 Å². The Balaban J connectivity index is 1.90. The van der Waals surface area contributed by atoms with Crippen molar-refractivity contribution in [2.24, 2.45) is 0 Å². The molecule has 17 heavy (non-hydrogen) atoms. The number of aromatic nitrogens is 1. The largest absolute Gasteiger partial charge is 0.397 e. The third kappa shape index (κ3) is 3.36. The number of hydrogen-bond donors (Lipinski definition) is 2. The first-order valence-corrected chi connectivity index (χ1v) is 5.81. The van der Waals surface area contributed by atoms with E-state index in [1.165, 1.54) is 5.56 Å². The fourth-order valence-electron chi connectivity index (χ4n) is 1.59. The van der Waals surface area contributed by atoms with E-state index in [-0.39, 0.29) is 0 Å². The minimum absolute atomic E-state index is 0.655. The molecule has 2 aromatic rings. The molecular formula is C13H14ClN3. The Kier molecular flexibility index (Phi) is 3.83. The highest BCUT2D eigenvalue weighted by molar-refractivity contribution is 6.31. The van der Waals surface area contributed by atoms with Gasteiger partial charge in [0, 0.05) is 24.0 Å². The van der Waals surface area contributed by atoms with E-state index in [0.717, 1.165) is 18.7 Å². The van der Waals surface area contributed by atoms with E-state index in [9.17, 15) is 0 Å². The fraction of sp³-hybridized carbons (Fsp3) is 0.154. The smallest absolute Gasteiger partial charge is 0.0575 e. The molecule has 0 bridgehead atoms. The molecule has 0 radical (unpaired) electrons. The van der Waals surface area contributed by atoms with Gasteiger partial charge in [-0.2, -0.15) is 0 Å². The Morgan fingerprint density at radius 1 is 1.18 bits per heavy atom. The maximum Gasteiger partial charge on any atom is 0.0575 e.